The normalized spacial score (nSPS) is 15.6. The van der Waals surface area contributed by atoms with Crippen LogP contribution in [-0.4, -0.2) is 16.6 Å². The zero-order valence-corrected chi connectivity index (χ0v) is 22.7. The minimum absolute atomic E-state index is 0.264. The van der Waals surface area contributed by atoms with Crippen molar-refractivity contribution in [2.45, 2.75) is 42.9 Å². The molecule has 3 heterocycles. The molecule has 0 N–H and O–H groups in total. The van der Waals surface area contributed by atoms with Crippen LogP contribution < -0.4 is 14.9 Å². The van der Waals surface area contributed by atoms with E-state index in [0.717, 1.165) is 15.6 Å². The number of halogens is 1. The SMILES string of the molecule is CC1=C(C(=O)OC(C)C)[C@H](c2ccc(Cl)cc2)n2c(s/c(=C/c3ccc(Sc4ccccc4)o3)c2=O)=N1. The van der Waals surface area contributed by atoms with Gasteiger partial charge in [-0.15, -0.1) is 0 Å². The number of ether oxygens (including phenoxy) is 1. The largest absolute Gasteiger partial charge is 0.459 e. The molecule has 5 rings (SSSR count). The van der Waals surface area contributed by atoms with Crippen molar-refractivity contribution in [3.05, 3.63) is 114 Å². The lowest BCUT2D eigenvalue weighted by Gasteiger charge is -2.25. The third-order valence-electron chi connectivity index (χ3n) is 5.61. The number of esters is 1. The molecule has 0 aliphatic carbocycles. The number of carbonyl (C=O) groups is 1. The van der Waals surface area contributed by atoms with Crippen molar-refractivity contribution >= 4 is 46.7 Å². The van der Waals surface area contributed by atoms with Gasteiger partial charge in [-0.1, -0.05) is 65.0 Å². The number of hydrogen-bond donors (Lipinski definition) is 0. The fourth-order valence-electron chi connectivity index (χ4n) is 4.02. The first-order valence-corrected chi connectivity index (χ1v) is 13.6. The average Bonchev–Trinajstić information content (AvgIpc) is 3.42. The Labute approximate surface area is 226 Å². The number of aromatic nitrogens is 1. The van der Waals surface area contributed by atoms with Crippen LogP contribution in [0.1, 0.15) is 38.1 Å². The highest BCUT2D eigenvalue weighted by Crippen LogP contribution is 2.32. The van der Waals surface area contributed by atoms with E-state index in [2.05, 4.69) is 4.99 Å². The third-order valence-corrected chi connectivity index (χ3v) is 7.77. The number of rotatable bonds is 6. The Hall–Kier alpha value is -3.33. The molecule has 1 aliphatic heterocycles. The van der Waals surface area contributed by atoms with Crippen molar-refractivity contribution in [2.24, 2.45) is 4.99 Å². The van der Waals surface area contributed by atoms with E-state index < -0.39 is 12.0 Å². The lowest BCUT2D eigenvalue weighted by molar-refractivity contribution is -0.143. The Morgan fingerprint density at radius 3 is 2.57 bits per heavy atom. The monoisotopic (exact) mass is 550 g/mol. The molecule has 0 saturated heterocycles. The standard InChI is InChI=1S/C28H23ClN2O4S2/c1-16(2)34-27(33)24-17(3)30-28-31(25(24)18-9-11-19(29)12-10-18)26(32)22(37-28)15-20-13-14-23(35-20)36-21-7-5-4-6-8-21/h4-16,25H,1-3H3/b22-15+/t25-/m0/s1. The second-order valence-corrected chi connectivity index (χ2v) is 11.2. The van der Waals surface area contributed by atoms with E-state index in [-0.39, 0.29) is 11.7 Å². The highest BCUT2D eigenvalue weighted by Gasteiger charge is 2.33. The predicted octanol–water partition coefficient (Wildman–Crippen LogP) is 5.58. The van der Waals surface area contributed by atoms with Gasteiger partial charge in [-0.05, 0) is 62.7 Å². The summed E-state index contributed by atoms with van der Waals surface area (Å²) in [7, 11) is 0. The smallest absolute Gasteiger partial charge is 0.338 e. The molecule has 2 aromatic carbocycles. The summed E-state index contributed by atoms with van der Waals surface area (Å²) in [4.78, 5) is 33.0. The maximum Gasteiger partial charge on any atom is 0.338 e. The summed E-state index contributed by atoms with van der Waals surface area (Å²) < 4.78 is 13.5. The first-order chi connectivity index (χ1) is 17.8. The van der Waals surface area contributed by atoms with Crippen LogP contribution in [0.3, 0.4) is 0 Å². The Kier molecular flexibility index (Phi) is 7.24. The van der Waals surface area contributed by atoms with E-state index in [1.807, 2.05) is 54.6 Å². The van der Waals surface area contributed by atoms with E-state index >= 15 is 0 Å². The number of hydrogen-bond acceptors (Lipinski definition) is 7. The molecule has 0 radical (unpaired) electrons. The quantitative estimate of drug-likeness (QED) is 0.293. The van der Waals surface area contributed by atoms with Gasteiger partial charge in [0.05, 0.1) is 27.9 Å². The molecular formula is C28H23ClN2O4S2. The summed E-state index contributed by atoms with van der Waals surface area (Å²) in [6, 6.07) is 20.0. The highest BCUT2D eigenvalue weighted by molar-refractivity contribution is 7.99. The lowest BCUT2D eigenvalue weighted by atomic mass is 9.96. The van der Waals surface area contributed by atoms with Gasteiger partial charge in [-0.3, -0.25) is 9.36 Å². The number of benzene rings is 2. The molecule has 9 heteroatoms. The number of thiazole rings is 1. The van der Waals surface area contributed by atoms with E-state index in [4.69, 9.17) is 20.8 Å². The van der Waals surface area contributed by atoms with E-state index in [1.165, 1.54) is 23.1 Å². The van der Waals surface area contributed by atoms with Gasteiger partial charge in [0.2, 0.25) is 0 Å². The Morgan fingerprint density at radius 1 is 1.14 bits per heavy atom. The van der Waals surface area contributed by atoms with Crippen LogP contribution in [0.15, 0.2) is 102 Å². The molecule has 0 bridgehead atoms. The first kappa shape index (κ1) is 25.3. The first-order valence-electron chi connectivity index (χ1n) is 11.6. The van der Waals surface area contributed by atoms with Gasteiger partial charge in [-0.25, -0.2) is 9.79 Å². The zero-order chi connectivity index (χ0) is 26.1. The topological polar surface area (TPSA) is 73.8 Å². The minimum Gasteiger partial charge on any atom is -0.459 e. The van der Waals surface area contributed by atoms with Crippen LogP contribution in [0.5, 0.6) is 0 Å². The van der Waals surface area contributed by atoms with Gasteiger partial charge in [0.15, 0.2) is 9.89 Å². The number of carbonyl (C=O) groups excluding carboxylic acids is 1. The van der Waals surface area contributed by atoms with Crippen molar-refractivity contribution < 1.29 is 13.9 Å². The molecule has 1 aliphatic rings. The maximum absolute atomic E-state index is 13.7. The number of nitrogens with zero attached hydrogens (tertiary/aromatic N) is 2. The Morgan fingerprint density at radius 2 is 1.86 bits per heavy atom. The molecule has 6 nitrogen and oxygen atoms in total. The summed E-state index contributed by atoms with van der Waals surface area (Å²) in [6.07, 6.45) is 1.40. The molecule has 37 heavy (non-hydrogen) atoms. The van der Waals surface area contributed by atoms with Crippen LogP contribution in [0.25, 0.3) is 6.08 Å². The van der Waals surface area contributed by atoms with Crippen LogP contribution in [0.2, 0.25) is 5.02 Å². The predicted molar refractivity (Wildman–Crippen MR) is 146 cm³/mol. The van der Waals surface area contributed by atoms with E-state index in [9.17, 15) is 9.59 Å². The average molecular weight is 551 g/mol. The molecular weight excluding hydrogens is 528 g/mol. The molecule has 0 amide bonds. The van der Waals surface area contributed by atoms with Gasteiger partial charge in [0.1, 0.15) is 5.76 Å². The second-order valence-electron chi connectivity index (χ2n) is 8.66. The maximum atomic E-state index is 13.7. The van der Waals surface area contributed by atoms with Crippen LogP contribution in [0.4, 0.5) is 0 Å². The van der Waals surface area contributed by atoms with E-state index in [0.29, 0.717) is 31.4 Å². The van der Waals surface area contributed by atoms with Gasteiger partial charge in [-0.2, -0.15) is 0 Å². The summed E-state index contributed by atoms with van der Waals surface area (Å²) >= 11 is 8.88. The Bertz CT molecular complexity index is 1670. The molecule has 2 aromatic heterocycles. The van der Waals surface area contributed by atoms with E-state index in [1.54, 1.807) is 43.5 Å². The van der Waals surface area contributed by atoms with Crippen LogP contribution in [0, 0.1) is 0 Å². The minimum atomic E-state index is -0.692. The number of furan rings is 1. The van der Waals surface area contributed by atoms with Crippen molar-refractivity contribution in [1.82, 2.24) is 4.57 Å². The highest BCUT2D eigenvalue weighted by atomic mass is 35.5. The van der Waals surface area contributed by atoms with Crippen molar-refractivity contribution in [3.63, 3.8) is 0 Å². The van der Waals surface area contributed by atoms with Crippen molar-refractivity contribution in [3.8, 4) is 0 Å². The van der Waals surface area contributed by atoms with Crippen molar-refractivity contribution in [1.29, 1.82) is 0 Å². The van der Waals surface area contributed by atoms with Gasteiger partial charge in [0.25, 0.3) is 5.56 Å². The van der Waals surface area contributed by atoms with Crippen molar-refractivity contribution in [2.75, 3.05) is 0 Å². The molecule has 0 spiro atoms. The fraction of sp³-hybridized carbons (Fsp3) is 0.179. The molecule has 0 unspecified atom stereocenters. The fourth-order valence-corrected chi connectivity index (χ4v) is 5.97. The molecule has 188 valence electrons. The Balaban J connectivity index is 1.58. The molecule has 4 aromatic rings. The number of allylic oxidation sites excluding steroid dienone is 1. The lowest BCUT2D eigenvalue weighted by Crippen LogP contribution is -2.40. The summed E-state index contributed by atoms with van der Waals surface area (Å²) in [5.74, 6) is 0.0565. The summed E-state index contributed by atoms with van der Waals surface area (Å²) in [5, 5.41) is 1.28. The molecule has 0 fully saturated rings. The summed E-state index contributed by atoms with van der Waals surface area (Å²) in [5.41, 5.74) is 1.31. The molecule has 0 saturated carbocycles. The van der Waals surface area contributed by atoms with Crippen LogP contribution in [-0.2, 0) is 9.53 Å². The number of fused-ring (bicyclic) bond motifs is 1. The second kappa shape index (κ2) is 10.6. The van der Waals surface area contributed by atoms with Gasteiger partial charge in [0, 0.05) is 16.0 Å². The summed E-state index contributed by atoms with van der Waals surface area (Å²) in [6.45, 7) is 5.33. The van der Waals surface area contributed by atoms with Crippen LogP contribution >= 0.6 is 34.7 Å². The molecule has 1 atom stereocenters. The zero-order valence-electron chi connectivity index (χ0n) is 20.3. The van der Waals surface area contributed by atoms with Gasteiger partial charge >= 0.3 is 5.97 Å². The third kappa shape index (κ3) is 5.37. The van der Waals surface area contributed by atoms with Gasteiger partial charge < -0.3 is 9.15 Å².